The number of nitrogens with two attached hydrogens (primary N) is 1. The van der Waals surface area contributed by atoms with E-state index in [4.69, 9.17) is 10.8 Å². The summed E-state index contributed by atoms with van der Waals surface area (Å²) in [4.78, 5) is 10.5. The standard InChI is InChI=1S/C13H25NO2/c1-2-3-8-12(11-15)9-6-4-5-7-10-13(14)16/h6,9,12,15H,2-5,7-8,10-11H2,1H3,(H2,14,16). The number of aliphatic hydroxyl groups is 1. The third-order valence-corrected chi connectivity index (χ3v) is 2.62. The average Bonchev–Trinajstić information content (AvgIpc) is 2.26. The quantitative estimate of drug-likeness (QED) is 0.444. The SMILES string of the molecule is CCCCC(C=CCCCCC(N)=O)CO. The summed E-state index contributed by atoms with van der Waals surface area (Å²) in [5, 5.41) is 9.12. The van der Waals surface area contributed by atoms with Crippen molar-refractivity contribution in [2.45, 2.75) is 51.9 Å². The second-order valence-electron chi connectivity index (χ2n) is 4.23. The van der Waals surface area contributed by atoms with E-state index in [1.165, 1.54) is 6.42 Å². The lowest BCUT2D eigenvalue weighted by Gasteiger charge is -2.07. The molecule has 0 saturated carbocycles. The molecule has 3 nitrogen and oxygen atoms in total. The molecule has 0 aliphatic heterocycles. The van der Waals surface area contributed by atoms with Gasteiger partial charge in [0.25, 0.3) is 0 Å². The molecule has 0 aromatic heterocycles. The summed E-state index contributed by atoms with van der Waals surface area (Å²) >= 11 is 0. The van der Waals surface area contributed by atoms with Crippen LogP contribution in [0.15, 0.2) is 12.2 Å². The van der Waals surface area contributed by atoms with Crippen LogP contribution in [0.1, 0.15) is 51.9 Å². The Morgan fingerprint density at radius 1 is 1.38 bits per heavy atom. The zero-order valence-electron chi connectivity index (χ0n) is 10.3. The molecule has 94 valence electrons. The fourth-order valence-corrected chi connectivity index (χ4v) is 1.56. The molecule has 0 aliphatic rings. The monoisotopic (exact) mass is 227 g/mol. The van der Waals surface area contributed by atoms with Gasteiger partial charge in [0, 0.05) is 13.0 Å². The highest BCUT2D eigenvalue weighted by Crippen LogP contribution is 2.10. The van der Waals surface area contributed by atoms with Gasteiger partial charge in [-0.2, -0.15) is 0 Å². The first-order valence-electron chi connectivity index (χ1n) is 6.26. The molecule has 1 atom stereocenters. The largest absolute Gasteiger partial charge is 0.396 e. The molecular formula is C13H25NO2. The Bertz CT molecular complexity index is 202. The maximum atomic E-state index is 10.5. The lowest BCUT2D eigenvalue weighted by atomic mass is 10.0. The van der Waals surface area contributed by atoms with E-state index in [-0.39, 0.29) is 12.5 Å². The number of carbonyl (C=O) groups is 1. The molecule has 0 fully saturated rings. The van der Waals surface area contributed by atoms with Crippen LogP contribution in [0.5, 0.6) is 0 Å². The summed E-state index contributed by atoms with van der Waals surface area (Å²) < 4.78 is 0. The fourth-order valence-electron chi connectivity index (χ4n) is 1.56. The Labute approximate surface area is 98.7 Å². The van der Waals surface area contributed by atoms with Crippen LogP contribution < -0.4 is 5.73 Å². The van der Waals surface area contributed by atoms with E-state index in [0.717, 1.165) is 32.1 Å². The van der Waals surface area contributed by atoms with Crippen molar-refractivity contribution in [1.29, 1.82) is 0 Å². The number of allylic oxidation sites excluding steroid dienone is 1. The van der Waals surface area contributed by atoms with Crippen LogP contribution in [0.3, 0.4) is 0 Å². The Balaban J connectivity index is 3.51. The molecule has 1 unspecified atom stereocenters. The molecule has 0 heterocycles. The molecule has 3 N–H and O–H groups in total. The van der Waals surface area contributed by atoms with E-state index in [1.54, 1.807) is 0 Å². The van der Waals surface area contributed by atoms with Crippen LogP contribution >= 0.6 is 0 Å². The molecule has 0 radical (unpaired) electrons. The zero-order valence-corrected chi connectivity index (χ0v) is 10.3. The van der Waals surface area contributed by atoms with Crippen molar-refractivity contribution in [2.24, 2.45) is 11.7 Å². The van der Waals surface area contributed by atoms with Crippen LogP contribution in [-0.4, -0.2) is 17.6 Å². The first-order chi connectivity index (χ1) is 7.70. The predicted octanol–water partition coefficient (Wildman–Crippen LogP) is 2.39. The number of amides is 1. The summed E-state index contributed by atoms with van der Waals surface area (Å²) in [6.45, 7) is 2.39. The summed E-state index contributed by atoms with van der Waals surface area (Å²) in [6, 6.07) is 0. The Morgan fingerprint density at radius 2 is 2.12 bits per heavy atom. The molecule has 1 amide bonds. The Hall–Kier alpha value is -0.830. The maximum Gasteiger partial charge on any atom is 0.217 e. The summed E-state index contributed by atoms with van der Waals surface area (Å²) in [6.07, 6.45) is 10.9. The van der Waals surface area contributed by atoms with Crippen LogP contribution in [-0.2, 0) is 4.79 Å². The maximum absolute atomic E-state index is 10.5. The second kappa shape index (κ2) is 10.7. The van der Waals surface area contributed by atoms with Crippen LogP contribution in [0.4, 0.5) is 0 Å². The summed E-state index contributed by atoms with van der Waals surface area (Å²) in [5.74, 6) is 0.0799. The molecule has 3 heteroatoms. The molecule has 0 saturated heterocycles. The van der Waals surface area contributed by atoms with Gasteiger partial charge >= 0.3 is 0 Å². The van der Waals surface area contributed by atoms with Crippen molar-refractivity contribution in [3.63, 3.8) is 0 Å². The molecule has 0 spiro atoms. The molecular weight excluding hydrogens is 202 g/mol. The summed E-state index contributed by atoms with van der Waals surface area (Å²) in [7, 11) is 0. The van der Waals surface area contributed by atoms with Crippen molar-refractivity contribution in [3.8, 4) is 0 Å². The van der Waals surface area contributed by atoms with Gasteiger partial charge in [0.2, 0.25) is 5.91 Å². The molecule has 0 aromatic rings. The van der Waals surface area contributed by atoms with E-state index in [2.05, 4.69) is 19.1 Å². The number of rotatable bonds is 10. The minimum Gasteiger partial charge on any atom is -0.396 e. The molecule has 0 aliphatic carbocycles. The minimum atomic E-state index is -0.222. The van der Waals surface area contributed by atoms with Crippen LogP contribution in [0.25, 0.3) is 0 Å². The number of primary amides is 1. The van der Waals surface area contributed by atoms with E-state index in [0.29, 0.717) is 12.3 Å². The van der Waals surface area contributed by atoms with Crippen molar-refractivity contribution < 1.29 is 9.90 Å². The van der Waals surface area contributed by atoms with Gasteiger partial charge < -0.3 is 10.8 Å². The van der Waals surface area contributed by atoms with Crippen LogP contribution in [0.2, 0.25) is 0 Å². The fraction of sp³-hybridized carbons (Fsp3) is 0.769. The van der Waals surface area contributed by atoms with Crippen molar-refractivity contribution in [2.75, 3.05) is 6.61 Å². The van der Waals surface area contributed by atoms with E-state index in [9.17, 15) is 4.79 Å². The van der Waals surface area contributed by atoms with Gasteiger partial charge in [-0.05, 0) is 31.6 Å². The van der Waals surface area contributed by atoms with Crippen molar-refractivity contribution in [1.82, 2.24) is 0 Å². The molecule has 0 rings (SSSR count). The van der Waals surface area contributed by atoms with Gasteiger partial charge in [0.05, 0.1) is 0 Å². The highest BCUT2D eigenvalue weighted by atomic mass is 16.3. The first-order valence-corrected chi connectivity index (χ1v) is 6.26. The lowest BCUT2D eigenvalue weighted by Crippen LogP contribution is -2.09. The van der Waals surface area contributed by atoms with Crippen molar-refractivity contribution >= 4 is 5.91 Å². The number of hydrogen-bond acceptors (Lipinski definition) is 2. The second-order valence-corrected chi connectivity index (χ2v) is 4.23. The zero-order chi connectivity index (χ0) is 12.2. The Kier molecular flexibility index (Phi) is 10.1. The number of carbonyl (C=O) groups excluding carboxylic acids is 1. The van der Waals surface area contributed by atoms with Gasteiger partial charge in [0.15, 0.2) is 0 Å². The smallest absolute Gasteiger partial charge is 0.217 e. The topological polar surface area (TPSA) is 63.3 Å². The first kappa shape index (κ1) is 15.2. The average molecular weight is 227 g/mol. The van der Waals surface area contributed by atoms with Crippen molar-refractivity contribution in [3.05, 3.63) is 12.2 Å². The van der Waals surface area contributed by atoms with Gasteiger partial charge in [-0.1, -0.05) is 31.9 Å². The van der Waals surface area contributed by atoms with Gasteiger partial charge in [-0.15, -0.1) is 0 Å². The predicted molar refractivity (Wildman–Crippen MR) is 66.9 cm³/mol. The summed E-state index contributed by atoms with van der Waals surface area (Å²) in [5.41, 5.74) is 5.04. The highest BCUT2D eigenvalue weighted by molar-refractivity contribution is 5.73. The molecule has 16 heavy (non-hydrogen) atoms. The number of hydrogen-bond donors (Lipinski definition) is 2. The van der Waals surface area contributed by atoms with E-state index in [1.807, 2.05) is 0 Å². The lowest BCUT2D eigenvalue weighted by molar-refractivity contribution is -0.118. The number of aliphatic hydroxyl groups excluding tert-OH is 1. The van der Waals surface area contributed by atoms with E-state index < -0.39 is 0 Å². The highest BCUT2D eigenvalue weighted by Gasteiger charge is 2.01. The Morgan fingerprint density at radius 3 is 2.69 bits per heavy atom. The third-order valence-electron chi connectivity index (χ3n) is 2.62. The molecule has 0 bridgehead atoms. The van der Waals surface area contributed by atoms with Gasteiger partial charge in [0.1, 0.15) is 0 Å². The van der Waals surface area contributed by atoms with Crippen LogP contribution in [0, 0.1) is 5.92 Å². The van der Waals surface area contributed by atoms with Gasteiger partial charge in [-0.3, -0.25) is 4.79 Å². The number of unbranched alkanes of at least 4 members (excludes halogenated alkanes) is 3. The normalized spacial score (nSPS) is 13.1. The van der Waals surface area contributed by atoms with Gasteiger partial charge in [-0.25, -0.2) is 0 Å². The minimum absolute atomic E-state index is 0.222. The van der Waals surface area contributed by atoms with E-state index >= 15 is 0 Å². The third kappa shape index (κ3) is 9.71. The molecule has 0 aromatic carbocycles.